The van der Waals surface area contributed by atoms with Gasteiger partial charge in [0.2, 0.25) is 0 Å². The van der Waals surface area contributed by atoms with Crippen LogP contribution in [0.3, 0.4) is 0 Å². The normalized spacial score (nSPS) is 25.4. The fourth-order valence-corrected chi connectivity index (χ4v) is 5.25. The molecule has 2 aliphatic heterocycles. The van der Waals surface area contributed by atoms with Gasteiger partial charge in [-0.25, -0.2) is 0 Å². The second kappa shape index (κ2) is 12.8. The van der Waals surface area contributed by atoms with Crippen molar-refractivity contribution in [3.63, 3.8) is 0 Å². The number of allylic oxidation sites excluding steroid dienone is 2. The molecule has 5 unspecified atom stereocenters. The number of hydrogen-bond acceptors (Lipinski definition) is 4. The average molecular weight is 491 g/mol. The molecule has 5 atom stereocenters. The maximum absolute atomic E-state index is 6.47. The van der Waals surface area contributed by atoms with Gasteiger partial charge >= 0.3 is 0 Å². The van der Waals surface area contributed by atoms with Gasteiger partial charge in [-0.1, -0.05) is 75.4 Å². The summed E-state index contributed by atoms with van der Waals surface area (Å²) in [7, 11) is 0. The zero-order chi connectivity index (χ0) is 24.6. The summed E-state index contributed by atoms with van der Waals surface area (Å²) in [6, 6.07) is 17.3. The van der Waals surface area contributed by atoms with Crippen LogP contribution in [0.15, 0.2) is 60.7 Å². The Kier molecular flexibility index (Phi) is 9.00. The van der Waals surface area contributed by atoms with E-state index in [-0.39, 0.29) is 12.2 Å². The van der Waals surface area contributed by atoms with E-state index in [0.29, 0.717) is 24.5 Å². The summed E-state index contributed by atoms with van der Waals surface area (Å²) in [5.74, 6) is 2.83. The standard InChI is InChI=1S/C32H42O4/c1-2-3-4-5-6-7-11-31(32-23-35-32)36-29-10-8-9-27(20-29)26-14-12-24(13-15-26)25-16-18-28(19-17-25)33-21-30-22-34-30/h8-10,12,14,16-20,24,26,30-32H,2-7,11,13,15,21-23H2,1H3. The number of hydrogen-bond donors (Lipinski definition) is 0. The third kappa shape index (κ3) is 7.60. The average Bonchev–Trinajstić information content (AvgIpc) is 3.84. The van der Waals surface area contributed by atoms with Crippen LogP contribution in [0.4, 0.5) is 0 Å². The minimum Gasteiger partial charge on any atom is -0.491 e. The lowest BCUT2D eigenvalue weighted by Gasteiger charge is -2.24. The van der Waals surface area contributed by atoms with Crippen molar-refractivity contribution in [2.75, 3.05) is 19.8 Å². The van der Waals surface area contributed by atoms with Gasteiger partial charge in [0.05, 0.1) is 13.2 Å². The largest absolute Gasteiger partial charge is 0.491 e. The molecule has 36 heavy (non-hydrogen) atoms. The minimum absolute atomic E-state index is 0.182. The lowest BCUT2D eigenvalue weighted by Crippen LogP contribution is -2.23. The molecule has 0 saturated carbocycles. The topological polar surface area (TPSA) is 43.5 Å². The van der Waals surface area contributed by atoms with E-state index in [2.05, 4.69) is 67.6 Å². The van der Waals surface area contributed by atoms with Gasteiger partial charge in [-0.15, -0.1) is 0 Å². The molecule has 2 aromatic carbocycles. The summed E-state index contributed by atoms with van der Waals surface area (Å²) in [6.07, 6.45) is 16.8. The van der Waals surface area contributed by atoms with Crippen LogP contribution < -0.4 is 9.47 Å². The van der Waals surface area contributed by atoms with Crippen LogP contribution in [-0.4, -0.2) is 38.1 Å². The van der Waals surface area contributed by atoms with Crippen LogP contribution in [0.1, 0.15) is 87.7 Å². The molecule has 2 saturated heterocycles. The third-order valence-electron chi connectivity index (χ3n) is 7.70. The molecule has 5 rings (SSSR count). The molecular weight excluding hydrogens is 448 g/mol. The Labute approximate surface area is 217 Å². The van der Waals surface area contributed by atoms with E-state index in [1.165, 1.54) is 49.7 Å². The van der Waals surface area contributed by atoms with Crippen molar-refractivity contribution in [3.8, 4) is 11.5 Å². The maximum atomic E-state index is 6.47. The molecule has 0 bridgehead atoms. The molecule has 1 aliphatic carbocycles. The van der Waals surface area contributed by atoms with Gasteiger partial charge < -0.3 is 18.9 Å². The molecule has 0 amide bonds. The zero-order valence-electron chi connectivity index (χ0n) is 21.8. The molecule has 2 heterocycles. The van der Waals surface area contributed by atoms with Crippen LogP contribution in [0.25, 0.3) is 0 Å². The molecule has 0 spiro atoms. The maximum Gasteiger partial charge on any atom is 0.127 e. The van der Waals surface area contributed by atoms with Crippen molar-refractivity contribution < 1.29 is 18.9 Å². The summed E-state index contributed by atoms with van der Waals surface area (Å²) in [6.45, 7) is 4.59. The van der Waals surface area contributed by atoms with Gasteiger partial charge in [0.15, 0.2) is 0 Å². The Balaban J connectivity index is 1.12. The fourth-order valence-electron chi connectivity index (χ4n) is 5.25. The Morgan fingerprint density at radius 1 is 0.806 bits per heavy atom. The Morgan fingerprint density at radius 3 is 2.22 bits per heavy atom. The van der Waals surface area contributed by atoms with Crippen LogP contribution >= 0.6 is 0 Å². The molecule has 4 heteroatoms. The van der Waals surface area contributed by atoms with Crippen LogP contribution in [0.5, 0.6) is 11.5 Å². The van der Waals surface area contributed by atoms with Crippen LogP contribution in [0.2, 0.25) is 0 Å². The number of ether oxygens (including phenoxy) is 4. The van der Waals surface area contributed by atoms with Crippen molar-refractivity contribution in [2.45, 2.75) is 94.9 Å². The first-order valence-electron chi connectivity index (χ1n) is 14.2. The number of rotatable bonds is 15. The highest BCUT2D eigenvalue weighted by atomic mass is 16.6. The van der Waals surface area contributed by atoms with Gasteiger partial charge in [0.1, 0.15) is 36.4 Å². The van der Waals surface area contributed by atoms with Crippen molar-refractivity contribution >= 4 is 0 Å². The number of epoxide rings is 2. The van der Waals surface area contributed by atoms with Crippen LogP contribution in [0, 0.1) is 0 Å². The number of unbranched alkanes of at least 4 members (excludes halogenated alkanes) is 5. The van der Waals surface area contributed by atoms with Crippen molar-refractivity contribution in [2.24, 2.45) is 0 Å². The van der Waals surface area contributed by atoms with Crippen molar-refractivity contribution in [1.29, 1.82) is 0 Å². The predicted molar refractivity (Wildman–Crippen MR) is 144 cm³/mol. The third-order valence-corrected chi connectivity index (χ3v) is 7.70. The highest BCUT2D eigenvalue weighted by Gasteiger charge is 2.34. The van der Waals surface area contributed by atoms with E-state index in [9.17, 15) is 0 Å². The second-order valence-electron chi connectivity index (χ2n) is 10.7. The highest BCUT2D eigenvalue weighted by Crippen LogP contribution is 2.37. The molecule has 0 aromatic heterocycles. The van der Waals surface area contributed by atoms with Gasteiger partial charge in [0, 0.05) is 11.8 Å². The van der Waals surface area contributed by atoms with E-state index < -0.39 is 0 Å². The molecule has 4 nitrogen and oxygen atoms in total. The van der Waals surface area contributed by atoms with E-state index in [4.69, 9.17) is 18.9 Å². The van der Waals surface area contributed by atoms with E-state index in [1.807, 2.05) is 0 Å². The summed E-state index contributed by atoms with van der Waals surface area (Å²) in [5.41, 5.74) is 2.71. The Bertz CT molecular complexity index is 960. The molecule has 2 aromatic rings. The summed E-state index contributed by atoms with van der Waals surface area (Å²) < 4.78 is 23.1. The van der Waals surface area contributed by atoms with Gasteiger partial charge in [-0.3, -0.25) is 0 Å². The lowest BCUT2D eigenvalue weighted by atomic mass is 9.81. The lowest BCUT2D eigenvalue weighted by molar-refractivity contribution is 0.147. The SMILES string of the molecule is CCCCCCCCC(Oc1cccc(C2C=CC(c3ccc(OCC4CO4)cc3)CC2)c1)C1CO1. The highest BCUT2D eigenvalue weighted by molar-refractivity contribution is 5.37. The second-order valence-corrected chi connectivity index (χ2v) is 10.7. The summed E-state index contributed by atoms with van der Waals surface area (Å²) >= 11 is 0. The monoisotopic (exact) mass is 490 g/mol. The molecule has 3 aliphatic rings. The zero-order valence-corrected chi connectivity index (χ0v) is 21.8. The molecule has 194 valence electrons. The van der Waals surface area contributed by atoms with Crippen molar-refractivity contribution in [3.05, 3.63) is 71.8 Å². The van der Waals surface area contributed by atoms with Crippen molar-refractivity contribution in [1.82, 2.24) is 0 Å². The fraction of sp³-hybridized carbons (Fsp3) is 0.562. The molecule has 2 fully saturated rings. The minimum atomic E-state index is 0.182. The Hall–Kier alpha value is -2.30. The Morgan fingerprint density at radius 2 is 1.53 bits per heavy atom. The first kappa shape index (κ1) is 25.4. The van der Waals surface area contributed by atoms with Gasteiger partial charge in [0.25, 0.3) is 0 Å². The molecule has 0 radical (unpaired) electrons. The van der Waals surface area contributed by atoms with E-state index in [0.717, 1.165) is 44.0 Å². The quantitative estimate of drug-likeness (QED) is 0.147. The van der Waals surface area contributed by atoms with Gasteiger partial charge in [-0.05, 0) is 61.1 Å². The van der Waals surface area contributed by atoms with Crippen LogP contribution in [-0.2, 0) is 9.47 Å². The first-order valence-corrected chi connectivity index (χ1v) is 14.2. The summed E-state index contributed by atoms with van der Waals surface area (Å²) in [5, 5.41) is 0. The van der Waals surface area contributed by atoms with E-state index >= 15 is 0 Å². The molecular formula is C32H42O4. The van der Waals surface area contributed by atoms with E-state index in [1.54, 1.807) is 0 Å². The summed E-state index contributed by atoms with van der Waals surface area (Å²) in [4.78, 5) is 0. The first-order chi connectivity index (χ1) is 17.8. The predicted octanol–water partition coefficient (Wildman–Crippen LogP) is 7.58. The van der Waals surface area contributed by atoms with Gasteiger partial charge in [-0.2, -0.15) is 0 Å². The molecule has 0 N–H and O–H groups in total. The number of benzene rings is 2. The smallest absolute Gasteiger partial charge is 0.127 e.